The average Bonchev–Trinajstić information content (AvgIpc) is 2.63. The van der Waals surface area contributed by atoms with Crippen LogP contribution in [0.1, 0.15) is 59.8 Å². The van der Waals surface area contributed by atoms with E-state index in [4.69, 9.17) is 0 Å². The van der Waals surface area contributed by atoms with Gasteiger partial charge in [-0.2, -0.15) is 0 Å². The van der Waals surface area contributed by atoms with Gasteiger partial charge in [-0.25, -0.2) is 0 Å². The quantitative estimate of drug-likeness (QED) is 0.814. The summed E-state index contributed by atoms with van der Waals surface area (Å²) in [6, 6.07) is 11.6. The van der Waals surface area contributed by atoms with Crippen molar-refractivity contribution >= 4 is 6.29 Å². The van der Waals surface area contributed by atoms with Crippen LogP contribution in [0.3, 0.4) is 0 Å². The Kier molecular flexibility index (Phi) is 4.24. The maximum Gasteiger partial charge on any atom is 0.124 e. The van der Waals surface area contributed by atoms with Crippen LogP contribution >= 0.6 is 0 Å². The molecule has 3 atom stereocenters. The van der Waals surface area contributed by atoms with Crippen LogP contribution in [0.25, 0.3) is 0 Å². The lowest BCUT2D eigenvalue weighted by molar-refractivity contribution is -0.107. The summed E-state index contributed by atoms with van der Waals surface area (Å²) in [7, 11) is 0. The molecule has 2 aromatic carbocycles. The average molecular weight is 336 g/mol. The molecule has 2 aliphatic carbocycles. The molecule has 3 nitrogen and oxygen atoms in total. The number of phenols is 2. The molecule has 2 aromatic rings. The molecule has 4 rings (SSSR count). The first-order valence-electron chi connectivity index (χ1n) is 9.24. The van der Waals surface area contributed by atoms with Gasteiger partial charge in [-0.1, -0.05) is 31.0 Å². The molecule has 25 heavy (non-hydrogen) atoms. The number of benzene rings is 2. The van der Waals surface area contributed by atoms with Crippen LogP contribution in [0, 0.1) is 5.92 Å². The first kappa shape index (κ1) is 16.2. The summed E-state index contributed by atoms with van der Waals surface area (Å²) in [6.45, 7) is 0. The normalized spacial score (nSPS) is 25.0. The summed E-state index contributed by atoms with van der Waals surface area (Å²) in [5, 5.41) is 19.9. The van der Waals surface area contributed by atoms with Gasteiger partial charge in [-0.05, 0) is 71.9 Å². The Morgan fingerprint density at radius 3 is 2.52 bits per heavy atom. The predicted molar refractivity (Wildman–Crippen MR) is 97.1 cm³/mol. The largest absolute Gasteiger partial charge is 0.508 e. The van der Waals surface area contributed by atoms with E-state index in [1.807, 2.05) is 24.3 Å². The second-order valence-electron chi connectivity index (χ2n) is 7.51. The van der Waals surface area contributed by atoms with Crippen LogP contribution in [-0.2, 0) is 17.6 Å². The molecule has 0 bridgehead atoms. The topological polar surface area (TPSA) is 57.5 Å². The van der Waals surface area contributed by atoms with E-state index in [0.717, 1.165) is 18.3 Å². The summed E-state index contributed by atoms with van der Waals surface area (Å²) in [5.74, 6) is 2.07. The summed E-state index contributed by atoms with van der Waals surface area (Å²) in [6.07, 6.45) is 6.93. The Bertz CT molecular complexity index is 779. The van der Waals surface area contributed by atoms with E-state index in [-0.39, 0.29) is 12.2 Å². The Balaban J connectivity index is 1.78. The number of phenolic OH excluding ortho intramolecular Hbond substituents is 2. The van der Waals surface area contributed by atoms with Gasteiger partial charge in [0.1, 0.15) is 17.8 Å². The Morgan fingerprint density at radius 1 is 1.00 bits per heavy atom. The van der Waals surface area contributed by atoms with Gasteiger partial charge in [0.05, 0.1) is 0 Å². The molecule has 0 aromatic heterocycles. The molecule has 0 spiro atoms. The highest BCUT2D eigenvalue weighted by Gasteiger charge is 2.39. The summed E-state index contributed by atoms with van der Waals surface area (Å²) >= 11 is 0. The number of hydrogen-bond donors (Lipinski definition) is 2. The van der Waals surface area contributed by atoms with Crippen molar-refractivity contribution in [3.05, 3.63) is 58.7 Å². The van der Waals surface area contributed by atoms with E-state index >= 15 is 0 Å². The fraction of sp³-hybridized carbons (Fsp3) is 0.409. The molecule has 3 unspecified atom stereocenters. The molecule has 0 aliphatic heterocycles. The van der Waals surface area contributed by atoms with Crippen LogP contribution in [0.4, 0.5) is 0 Å². The van der Waals surface area contributed by atoms with E-state index in [9.17, 15) is 15.0 Å². The molecule has 0 heterocycles. The standard InChI is InChI=1S/C22H24O3/c23-10-9-15-11-16-12-20(14-5-7-17(24)8-6-14)18-3-1-2-4-19(18)21(16)13-22(15)25/h5-8,10-11,13,18-20,24-25H,1-4,9,12H2. The van der Waals surface area contributed by atoms with Gasteiger partial charge < -0.3 is 15.0 Å². The van der Waals surface area contributed by atoms with Gasteiger partial charge in [0.15, 0.2) is 0 Å². The van der Waals surface area contributed by atoms with Gasteiger partial charge in [-0.15, -0.1) is 0 Å². The number of carbonyl (C=O) groups excluding carboxylic acids is 1. The van der Waals surface area contributed by atoms with Gasteiger partial charge in [0, 0.05) is 12.0 Å². The van der Waals surface area contributed by atoms with Gasteiger partial charge in [0.25, 0.3) is 0 Å². The minimum atomic E-state index is 0.261. The fourth-order valence-corrected chi connectivity index (χ4v) is 4.98. The molecule has 0 amide bonds. The number of carbonyl (C=O) groups is 1. The van der Waals surface area contributed by atoms with Crippen LogP contribution < -0.4 is 0 Å². The third-order valence-electron chi connectivity index (χ3n) is 6.14. The molecule has 1 fully saturated rings. The Hall–Kier alpha value is -2.29. The van der Waals surface area contributed by atoms with Gasteiger partial charge >= 0.3 is 0 Å². The number of fused-ring (bicyclic) bond motifs is 3. The predicted octanol–water partition coefficient (Wildman–Crippen LogP) is 4.45. The summed E-state index contributed by atoms with van der Waals surface area (Å²) in [5.41, 5.74) is 4.57. The first-order valence-corrected chi connectivity index (χ1v) is 9.24. The van der Waals surface area contributed by atoms with E-state index < -0.39 is 0 Å². The van der Waals surface area contributed by atoms with Crippen molar-refractivity contribution in [3.8, 4) is 11.5 Å². The van der Waals surface area contributed by atoms with Crippen LogP contribution in [-0.4, -0.2) is 16.5 Å². The molecule has 2 aliphatic rings. The molecule has 2 N–H and O–H groups in total. The van der Waals surface area contributed by atoms with Crippen LogP contribution in [0.15, 0.2) is 36.4 Å². The van der Waals surface area contributed by atoms with Crippen LogP contribution in [0.2, 0.25) is 0 Å². The van der Waals surface area contributed by atoms with Crippen molar-refractivity contribution < 1.29 is 15.0 Å². The lowest BCUT2D eigenvalue weighted by Gasteiger charge is -2.43. The maximum absolute atomic E-state index is 10.9. The lowest BCUT2D eigenvalue weighted by Crippen LogP contribution is -2.31. The zero-order valence-electron chi connectivity index (χ0n) is 14.3. The first-order chi connectivity index (χ1) is 12.2. The minimum absolute atomic E-state index is 0.261. The van der Waals surface area contributed by atoms with Crippen molar-refractivity contribution in [1.82, 2.24) is 0 Å². The number of aldehydes is 1. The van der Waals surface area contributed by atoms with E-state index in [0.29, 0.717) is 23.5 Å². The second kappa shape index (κ2) is 6.55. The third kappa shape index (κ3) is 2.92. The van der Waals surface area contributed by atoms with Gasteiger partial charge in [-0.3, -0.25) is 0 Å². The van der Waals surface area contributed by atoms with Crippen molar-refractivity contribution in [2.45, 2.75) is 50.4 Å². The third-order valence-corrected chi connectivity index (χ3v) is 6.14. The van der Waals surface area contributed by atoms with E-state index in [1.54, 1.807) is 12.1 Å². The monoisotopic (exact) mass is 336 g/mol. The van der Waals surface area contributed by atoms with Gasteiger partial charge in [0.2, 0.25) is 0 Å². The van der Waals surface area contributed by atoms with E-state index in [2.05, 4.69) is 0 Å². The SMILES string of the molecule is O=CCc1cc2c(cc1O)C1CCCCC1C(c1ccc(O)cc1)C2. The zero-order chi connectivity index (χ0) is 17.4. The minimum Gasteiger partial charge on any atom is -0.508 e. The number of rotatable bonds is 3. The highest BCUT2D eigenvalue weighted by Crippen LogP contribution is 2.52. The number of aromatic hydroxyl groups is 2. The smallest absolute Gasteiger partial charge is 0.124 e. The highest BCUT2D eigenvalue weighted by atomic mass is 16.3. The van der Waals surface area contributed by atoms with Crippen molar-refractivity contribution in [3.63, 3.8) is 0 Å². The second-order valence-corrected chi connectivity index (χ2v) is 7.51. The van der Waals surface area contributed by atoms with E-state index in [1.165, 1.54) is 42.4 Å². The zero-order valence-corrected chi connectivity index (χ0v) is 14.3. The number of hydrogen-bond acceptors (Lipinski definition) is 3. The molecule has 0 saturated heterocycles. The molecule has 0 radical (unpaired) electrons. The van der Waals surface area contributed by atoms with Crippen molar-refractivity contribution in [1.29, 1.82) is 0 Å². The molecule has 130 valence electrons. The van der Waals surface area contributed by atoms with Crippen LogP contribution in [0.5, 0.6) is 11.5 Å². The molecule has 3 heteroatoms. The molecular weight excluding hydrogens is 312 g/mol. The molecule has 1 saturated carbocycles. The highest BCUT2D eigenvalue weighted by molar-refractivity contribution is 5.59. The Labute approximate surface area is 148 Å². The Morgan fingerprint density at radius 2 is 1.76 bits per heavy atom. The maximum atomic E-state index is 10.9. The lowest BCUT2D eigenvalue weighted by atomic mass is 9.61. The van der Waals surface area contributed by atoms with Crippen molar-refractivity contribution in [2.75, 3.05) is 0 Å². The fourth-order valence-electron chi connectivity index (χ4n) is 4.98. The van der Waals surface area contributed by atoms with Crippen molar-refractivity contribution in [2.24, 2.45) is 5.92 Å². The summed E-state index contributed by atoms with van der Waals surface area (Å²) in [4.78, 5) is 10.9. The summed E-state index contributed by atoms with van der Waals surface area (Å²) < 4.78 is 0. The molecular formula is C22H24O3.